The molecule has 2 aromatic carbocycles. The highest BCUT2D eigenvalue weighted by Gasteiger charge is 2.20. The number of aryl methyl sites for hydroxylation is 3. The fourth-order valence-electron chi connectivity index (χ4n) is 3.62. The van der Waals surface area contributed by atoms with Crippen molar-refractivity contribution < 1.29 is 8.42 Å². The molecule has 1 aliphatic carbocycles. The van der Waals surface area contributed by atoms with Gasteiger partial charge in [-0.3, -0.25) is 4.72 Å². The molecule has 1 aliphatic rings. The number of anilines is 1. The molecule has 2 N–H and O–H groups in total. The van der Waals surface area contributed by atoms with E-state index in [2.05, 4.69) is 9.71 Å². The highest BCUT2D eigenvalue weighted by Crippen LogP contribution is 2.31. The predicted octanol–water partition coefficient (Wildman–Crippen LogP) is 4.46. The van der Waals surface area contributed by atoms with Crippen LogP contribution in [0.2, 0.25) is 0 Å². The number of fused-ring (bicyclic) bond motifs is 3. The number of hydrogen-bond acceptors (Lipinski definition) is 2. The summed E-state index contributed by atoms with van der Waals surface area (Å²) in [5.41, 5.74) is 6.22. The molecule has 0 radical (unpaired) electrons. The molecule has 4 rings (SSSR count). The van der Waals surface area contributed by atoms with Gasteiger partial charge in [-0.1, -0.05) is 12.1 Å². The third-order valence-electron chi connectivity index (χ3n) is 5.23. The smallest absolute Gasteiger partial charge is 0.261 e. The lowest BCUT2D eigenvalue weighted by molar-refractivity contribution is 0.601. The molecule has 0 saturated heterocycles. The molecule has 5 heteroatoms. The Morgan fingerprint density at radius 3 is 2.68 bits per heavy atom. The summed E-state index contributed by atoms with van der Waals surface area (Å²) in [5, 5.41) is 1.04. The van der Waals surface area contributed by atoms with E-state index in [1.54, 1.807) is 12.1 Å². The van der Waals surface area contributed by atoms with Crippen molar-refractivity contribution in [1.29, 1.82) is 0 Å². The fourth-order valence-corrected chi connectivity index (χ4v) is 4.77. The lowest BCUT2D eigenvalue weighted by Gasteiger charge is -2.13. The number of H-pyrrole nitrogens is 1. The number of rotatable bonds is 3. The zero-order valence-corrected chi connectivity index (χ0v) is 15.3. The first-order valence-electron chi connectivity index (χ1n) is 8.68. The van der Waals surface area contributed by atoms with Crippen LogP contribution in [0.5, 0.6) is 0 Å². The summed E-state index contributed by atoms with van der Waals surface area (Å²) in [6.45, 7) is 3.91. The Kier molecular flexibility index (Phi) is 3.84. The van der Waals surface area contributed by atoms with Crippen molar-refractivity contribution >= 4 is 26.6 Å². The van der Waals surface area contributed by atoms with Gasteiger partial charge in [-0.25, -0.2) is 8.42 Å². The van der Waals surface area contributed by atoms with Gasteiger partial charge in [0.15, 0.2) is 0 Å². The van der Waals surface area contributed by atoms with Gasteiger partial charge in [0.2, 0.25) is 0 Å². The molecule has 4 nitrogen and oxygen atoms in total. The molecule has 0 bridgehead atoms. The van der Waals surface area contributed by atoms with E-state index in [1.807, 2.05) is 38.1 Å². The van der Waals surface area contributed by atoms with Crippen LogP contribution in [-0.2, 0) is 22.9 Å². The normalized spacial score (nSPS) is 14.5. The molecular formula is C20H22N2O2S. The average molecular weight is 354 g/mol. The van der Waals surface area contributed by atoms with Gasteiger partial charge in [-0.2, -0.15) is 0 Å². The monoisotopic (exact) mass is 354 g/mol. The Morgan fingerprint density at radius 1 is 1.04 bits per heavy atom. The van der Waals surface area contributed by atoms with Crippen LogP contribution in [0.3, 0.4) is 0 Å². The summed E-state index contributed by atoms with van der Waals surface area (Å²) in [6.07, 6.45) is 4.42. The van der Waals surface area contributed by atoms with E-state index >= 15 is 0 Å². The van der Waals surface area contributed by atoms with Crippen LogP contribution in [0, 0.1) is 13.8 Å². The molecule has 0 aliphatic heterocycles. The highest BCUT2D eigenvalue weighted by atomic mass is 32.2. The highest BCUT2D eigenvalue weighted by molar-refractivity contribution is 7.92. The number of aromatic nitrogens is 1. The second-order valence-electron chi connectivity index (χ2n) is 6.85. The third-order valence-corrected chi connectivity index (χ3v) is 6.59. The molecule has 130 valence electrons. The minimum absolute atomic E-state index is 0.313. The summed E-state index contributed by atoms with van der Waals surface area (Å²) in [7, 11) is -3.61. The Morgan fingerprint density at radius 2 is 1.84 bits per heavy atom. The summed E-state index contributed by atoms with van der Waals surface area (Å²) < 4.78 is 28.5. The summed E-state index contributed by atoms with van der Waals surface area (Å²) in [6, 6.07) is 11.0. The van der Waals surface area contributed by atoms with E-state index in [4.69, 9.17) is 0 Å². The maximum absolute atomic E-state index is 12.9. The van der Waals surface area contributed by atoms with E-state index in [0.717, 1.165) is 41.3 Å². The first-order valence-corrected chi connectivity index (χ1v) is 10.2. The van der Waals surface area contributed by atoms with Gasteiger partial charge in [-0.15, -0.1) is 0 Å². The van der Waals surface area contributed by atoms with Crippen LogP contribution in [0.4, 0.5) is 5.69 Å². The molecule has 3 aromatic rings. The first-order chi connectivity index (χ1) is 12.0. The topological polar surface area (TPSA) is 62.0 Å². The largest absolute Gasteiger partial charge is 0.358 e. The van der Waals surface area contributed by atoms with Crippen LogP contribution >= 0.6 is 0 Å². The molecule has 1 aromatic heterocycles. The Bertz CT molecular complexity index is 1060. The summed E-state index contributed by atoms with van der Waals surface area (Å²) >= 11 is 0. The SMILES string of the molecule is Cc1cccc(NS(=O)(=O)c2ccc3[nH]c4c(c3c2)CCCC4)c1C. The maximum Gasteiger partial charge on any atom is 0.261 e. The van der Waals surface area contributed by atoms with E-state index in [0.29, 0.717) is 10.6 Å². The number of hydrogen-bond donors (Lipinski definition) is 2. The van der Waals surface area contributed by atoms with E-state index in [9.17, 15) is 8.42 Å². The number of sulfonamides is 1. The maximum atomic E-state index is 12.9. The van der Waals surface area contributed by atoms with E-state index < -0.39 is 10.0 Å². The Hall–Kier alpha value is -2.27. The van der Waals surface area contributed by atoms with Crippen molar-refractivity contribution in [3.05, 3.63) is 58.8 Å². The van der Waals surface area contributed by atoms with Gasteiger partial charge in [0.1, 0.15) is 0 Å². The quantitative estimate of drug-likeness (QED) is 0.729. The predicted molar refractivity (Wildman–Crippen MR) is 102 cm³/mol. The molecule has 0 unspecified atom stereocenters. The molecule has 0 atom stereocenters. The first kappa shape index (κ1) is 16.2. The minimum Gasteiger partial charge on any atom is -0.358 e. The average Bonchev–Trinajstić information content (AvgIpc) is 2.97. The van der Waals surface area contributed by atoms with Crippen molar-refractivity contribution in [2.24, 2.45) is 0 Å². The molecule has 1 heterocycles. The lowest BCUT2D eigenvalue weighted by Crippen LogP contribution is -2.14. The van der Waals surface area contributed by atoms with Crippen LogP contribution in [-0.4, -0.2) is 13.4 Å². The van der Waals surface area contributed by atoms with Gasteiger partial charge < -0.3 is 4.98 Å². The van der Waals surface area contributed by atoms with Crippen LogP contribution in [0.25, 0.3) is 10.9 Å². The van der Waals surface area contributed by atoms with E-state index in [-0.39, 0.29) is 0 Å². The van der Waals surface area contributed by atoms with Crippen LogP contribution in [0.1, 0.15) is 35.2 Å². The number of aromatic amines is 1. The Labute approximate surface area is 148 Å². The van der Waals surface area contributed by atoms with Crippen molar-refractivity contribution in [1.82, 2.24) is 4.98 Å². The zero-order chi connectivity index (χ0) is 17.6. The molecule has 0 spiro atoms. The number of benzene rings is 2. The number of nitrogens with one attached hydrogen (secondary N) is 2. The van der Waals surface area contributed by atoms with Gasteiger partial charge in [0.05, 0.1) is 10.6 Å². The summed E-state index contributed by atoms with van der Waals surface area (Å²) in [4.78, 5) is 3.76. The zero-order valence-electron chi connectivity index (χ0n) is 14.5. The molecular weight excluding hydrogens is 332 g/mol. The van der Waals surface area contributed by atoms with Crippen molar-refractivity contribution in [2.45, 2.75) is 44.4 Å². The van der Waals surface area contributed by atoms with E-state index in [1.165, 1.54) is 17.7 Å². The Balaban J connectivity index is 1.76. The van der Waals surface area contributed by atoms with Crippen molar-refractivity contribution in [3.63, 3.8) is 0 Å². The van der Waals surface area contributed by atoms with Crippen molar-refractivity contribution in [3.8, 4) is 0 Å². The van der Waals surface area contributed by atoms with Gasteiger partial charge in [0, 0.05) is 16.6 Å². The van der Waals surface area contributed by atoms with Crippen molar-refractivity contribution in [2.75, 3.05) is 4.72 Å². The second-order valence-corrected chi connectivity index (χ2v) is 8.53. The van der Waals surface area contributed by atoms with Crippen LogP contribution in [0.15, 0.2) is 41.3 Å². The third kappa shape index (κ3) is 2.82. The minimum atomic E-state index is -3.61. The molecule has 0 saturated carbocycles. The van der Waals surface area contributed by atoms with Gasteiger partial charge in [0.25, 0.3) is 10.0 Å². The van der Waals surface area contributed by atoms with Gasteiger partial charge >= 0.3 is 0 Å². The summed E-state index contributed by atoms with van der Waals surface area (Å²) in [5.74, 6) is 0. The van der Waals surface area contributed by atoms with Gasteiger partial charge in [-0.05, 0) is 80.5 Å². The standard InChI is InChI=1S/C20H22N2O2S/c1-13-6-5-9-18(14(13)2)22-25(23,24)15-10-11-20-17(12-15)16-7-3-4-8-19(16)21-20/h5-6,9-12,21-22H,3-4,7-8H2,1-2H3. The fraction of sp³-hybridized carbons (Fsp3) is 0.300. The second kappa shape index (κ2) is 5.92. The van der Waals surface area contributed by atoms with Crippen LogP contribution < -0.4 is 4.72 Å². The molecule has 25 heavy (non-hydrogen) atoms. The molecule has 0 amide bonds. The molecule has 0 fully saturated rings. The lowest BCUT2D eigenvalue weighted by atomic mass is 9.96.